The van der Waals surface area contributed by atoms with Gasteiger partial charge in [0, 0.05) is 53.6 Å². The number of aryl methyl sites for hydroxylation is 2. The van der Waals surface area contributed by atoms with E-state index >= 15 is 0 Å². The maximum absolute atomic E-state index is 4.79. The number of H-pyrrole nitrogens is 1. The first-order valence-corrected chi connectivity index (χ1v) is 10.4. The SMILES string of the molecule is Cc1ncc(-c2ccc[n+]3[nH]c(NC4CCN(c5nc(C)ns5)CC4)nc23)cn1. The van der Waals surface area contributed by atoms with E-state index in [1.165, 1.54) is 11.5 Å². The number of aromatic amines is 1. The lowest BCUT2D eigenvalue weighted by Gasteiger charge is -2.31. The molecular weight excluding hydrogens is 386 g/mol. The maximum Gasteiger partial charge on any atom is 0.358 e. The van der Waals surface area contributed by atoms with Gasteiger partial charge in [-0.3, -0.25) is 0 Å². The van der Waals surface area contributed by atoms with Gasteiger partial charge in [0.1, 0.15) is 17.8 Å². The first kappa shape index (κ1) is 17.9. The summed E-state index contributed by atoms with van der Waals surface area (Å²) in [5.41, 5.74) is 2.80. The minimum Gasteiger partial charge on any atom is -0.347 e. The third-order valence-corrected chi connectivity index (χ3v) is 5.99. The largest absolute Gasteiger partial charge is 0.358 e. The zero-order chi connectivity index (χ0) is 19.8. The molecule has 4 aromatic rings. The fourth-order valence-corrected chi connectivity index (χ4v) is 4.32. The summed E-state index contributed by atoms with van der Waals surface area (Å²) < 4.78 is 6.21. The van der Waals surface area contributed by atoms with Gasteiger partial charge in [-0.05, 0) is 38.8 Å². The lowest BCUT2D eigenvalue weighted by molar-refractivity contribution is -0.576. The number of piperidine rings is 1. The Hall–Kier alpha value is -3.14. The average Bonchev–Trinajstić information content (AvgIpc) is 3.35. The first-order valence-electron chi connectivity index (χ1n) is 9.67. The lowest BCUT2D eigenvalue weighted by Crippen LogP contribution is -2.39. The Morgan fingerprint density at radius 1 is 1.14 bits per heavy atom. The summed E-state index contributed by atoms with van der Waals surface area (Å²) in [5, 5.41) is 7.91. The normalized spacial score (nSPS) is 15.2. The molecule has 0 aliphatic carbocycles. The van der Waals surface area contributed by atoms with Gasteiger partial charge in [0.15, 0.2) is 0 Å². The highest BCUT2D eigenvalue weighted by atomic mass is 32.1. The van der Waals surface area contributed by atoms with Crippen LogP contribution in [0.3, 0.4) is 0 Å². The number of rotatable bonds is 4. The number of anilines is 2. The van der Waals surface area contributed by atoms with Gasteiger partial charge in [0.05, 0.1) is 5.56 Å². The van der Waals surface area contributed by atoms with E-state index in [0.717, 1.165) is 65.4 Å². The molecule has 5 heterocycles. The Bertz CT molecular complexity index is 1130. The Balaban J connectivity index is 1.31. The molecule has 0 saturated carbocycles. The zero-order valence-corrected chi connectivity index (χ0v) is 17.1. The molecule has 9 nitrogen and oxygen atoms in total. The standard InChI is InChI=1S/C19H21N9S/c1-12-20-10-14(11-21-12)16-4-3-7-28-17(16)24-18(25-28)23-15-5-8-27(9-6-15)19-22-13(2)26-29-19/h3-4,7,10-11,15H,5-6,8-9H2,1-2H3,(H,23,25)/p+1. The molecule has 0 amide bonds. The molecule has 4 aromatic heterocycles. The molecule has 0 atom stereocenters. The number of nitrogens with zero attached hydrogens (tertiary/aromatic N) is 7. The predicted molar refractivity (Wildman–Crippen MR) is 111 cm³/mol. The van der Waals surface area contributed by atoms with Crippen molar-refractivity contribution < 1.29 is 4.52 Å². The number of nitrogens with one attached hydrogen (secondary N) is 2. The van der Waals surface area contributed by atoms with Gasteiger partial charge in [-0.15, -0.1) is 4.52 Å². The van der Waals surface area contributed by atoms with Crippen molar-refractivity contribution in [2.24, 2.45) is 0 Å². The molecule has 5 rings (SSSR count). The van der Waals surface area contributed by atoms with Crippen molar-refractivity contribution in [1.29, 1.82) is 0 Å². The maximum atomic E-state index is 4.79. The second-order valence-corrected chi connectivity index (χ2v) is 7.97. The van der Waals surface area contributed by atoms with E-state index in [-0.39, 0.29) is 0 Å². The summed E-state index contributed by atoms with van der Waals surface area (Å²) in [7, 11) is 0. The van der Waals surface area contributed by atoms with Crippen molar-refractivity contribution in [3.8, 4) is 11.1 Å². The summed E-state index contributed by atoms with van der Waals surface area (Å²) in [6.45, 7) is 5.75. The van der Waals surface area contributed by atoms with Gasteiger partial charge in [-0.25, -0.2) is 15.0 Å². The van der Waals surface area contributed by atoms with E-state index in [4.69, 9.17) is 4.98 Å². The smallest absolute Gasteiger partial charge is 0.347 e. The Labute approximate surface area is 172 Å². The zero-order valence-electron chi connectivity index (χ0n) is 16.3. The summed E-state index contributed by atoms with van der Waals surface area (Å²) >= 11 is 1.48. The van der Waals surface area contributed by atoms with E-state index in [1.807, 2.05) is 49.1 Å². The summed E-state index contributed by atoms with van der Waals surface area (Å²) in [6.07, 6.45) is 7.69. The topological polar surface area (TPSA) is 99.6 Å². The molecule has 148 valence electrons. The molecule has 29 heavy (non-hydrogen) atoms. The summed E-state index contributed by atoms with van der Waals surface area (Å²) in [6, 6.07) is 4.40. The van der Waals surface area contributed by atoms with Crippen LogP contribution in [-0.4, -0.2) is 48.5 Å². The van der Waals surface area contributed by atoms with Crippen LogP contribution in [-0.2, 0) is 0 Å². The third kappa shape index (κ3) is 3.63. The van der Waals surface area contributed by atoms with Crippen molar-refractivity contribution in [1.82, 2.24) is 29.4 Å². The van der Waals surface area contributed by atoms with Crippen LogP contribution in [0.1, 0.15) is 24.5 Å². The third-order valence-electron chi connectivity index (χ3n) is 5.13. The number of hydrogen-bond acceptors (Lipinski definition) is 8. The van der Waals surface area contributed by atoms with Crippen molar-refractivity contribution in [2.75, 3.05) is 23.3 Å². The van der Waals surface area contributed by atoms with Crippen LogP contribution in [0.5, 0.6) is 0 Å². The van der Waals surface area contributed by atoms with Crippen molar-refractivity contribution >= 4 is 28.3 Å². The van der Waals surface area contributed by atoms with Crippen molar-refractivity contribution in [3.05, 3.63) is 42.4 Å². The Morgan fingerprint density at radius 2 is 1.93 bits per heavy atom. The quantitative estimate of drug-likeness (QED) is 0.499. The minimum absolute atomic E-state index is 0.368. The number of fused-ring (bicyclic) bond motifs is 1. The summed E-state index contributed by atoms with van der Waals surface area (Å²) in [5.74, 6) is 2.38. The first-order chi connectivity index (χ1) is 14.2. The monoisotopic (exact) mass is 408 g/mol. The second-order valence-electron chi connectivity index (χ2n) is 7.24. The molecule has 0 aromatic carbocycles. The van der Waals surface area contributed by atoms with E-state index in [9.17, 15) is 0 Å². The van der Waals surface area contributed by atoms with Crippen LogP contribution >= 0.6 is 11.5 Å². The lowest BCUT2D eigenvalue weighted by atomic mass is 10.1. The number of pyridine rings is 1. The molecule has 1 saturated heterocycles. The van der Waals surface area contributed by atoms with Gasteiger partial charge in [-0.1, -0.05) is 0 Å². The second kappa shape index (κ2) is 7.36. The fraction of sp³-hybridized carbons (Fsp3) is 0.368. The van der Waals surface area contributed by atoms with Crippen LogP contribution in [0, 0.1) is 13.8 Å². The average molecular weight is 409 g/mol. The van der Waals surface area contributed by atoms with Crippen molar-refractivity contribution in [2.45, 2.75) is 32.7 Å². The molecule has 0 unspecified atom stereocenters. The number of aromatic nitrogens is 7. The van der Waals surface area contributed by atoms with E-state index in [2.05, 4.69) is 34.6 Å². The Morgan fingerprint density at radius 3 is 2.66 bits per heavy atom. The Kier molecular flexibility index (Phi) is 4.55. The minimum atomic E-state index is 0.368. The van der Waals surface area contributed by atoms with E-state index in [0.29, 0.717) is 6.04 Å². The van der Waals surface area contributed by atoms with Crippen LogP contribution in [0.15, 0.2) is 30.7 Å². The number of hydrogen-bond donors (Lipinski definition) is 2. The van der Waals surface area contributed by atoms with Crippen LogP contribution in [0.2, 0.25) is 0 Å². The van der Waals surface area contributed by atoms with Crippen molar-refractivity contribution in [3.63, 3.8) is 0 Å². The molecule has 0 radical (unpaired) electrons. The van der Waals surface area contributed by atoms with E-state index < -0.39 is 0 Å². The molecule has 1 aliphatic rings. The molecule has 1 aliphatic heterocycles. The van der Waals surface area contributed by atoms with Gasteiger partial charge >= 0.3 is 11.6 Å². The van der Waals surface area contributed by atoms with Crippen LogP contribution in [0.25, 0.3) is 16.8 Å². The highest BCUT2D eigenvalue weighted by Crippen LogP contribution is 2.24. The highest BCUT2D eigenvalue weighted by molar-refractivity contribution is 7.09. The van der Waals surface area contributed by atoms with Crippen LogP contribution < -0.4 is 14.7 Å². The molecule has 0 spiro atoms. The molecule has 10 heteroatoms. The molecule has 2 N–H and O–H groups in total. The van der Waals surface area contributed by atoms with Gasteiger partial charge < -0.3 is 10.2 Å². The fourth-order valence-electron chi connectivity index (χ4n) is 3.59. The van der Waals surface area contributed by atoms with Gasteiger partial charge in [0.25, 0.3) is 0 Å². The predicted octanol–water partition coefficient (Wildman–Crippen LogP) is 2.15. The molecule has 1 fully saturated rings. The van der Waals surface area contributed by atoms with Gasteiger partial charge in [-0.2, -0.15) is 9.47 Å². The highest BCUT2D eigenvalue weighted by Gasteiger charge is 2.25. The van der Waals surface area contributed by atoms with E-state index in [1.54, 1.807) is 0 Å². The van der Waals surface area contributed by atoms with Crippen LogP contribution in [0.4, 0.5) is 11.1 Å². The molecular formula is C19H22N9S+. The molecule has 0 bridgehead atoms. The van der Waals surface area contributed by atoms with Gasteiger partial charge in [0.2, 0.25) is 5.13 Å². The summed E-state index contributed by atoms with van der Waals surface area (Å²) in [4.78, 5) is 20.2.